The third-order valence-electron chi connectivity index (χ3n) is 5.14. The first kappa shape index (κ1) is 20.3. The van der Waals surface area contributed by atoms with Gasteiger partial charge in [0, 0.05) is 32.1 Å². The number of likely N-dealkylation sites (tertiary alicyclic amines) is 1. The molecular weight excluding hydrogens is 378 g/mol. The molecule has 1 amide bonds. The first-order valence-electron chi connectivity index (χ1n) is 9.15. The molecule has 0 radical (unpaired) electrons. The Bertz CT molecular complexity index is 931. The van der Waals surface area contributed by atoms with Crippen LogP contribution in [0.15, 0.2) is 23.0 Å². The van der Waals surface area contributed by atoms with E-state index in [4.69, 9.17) is 0 Å². The highest BCUT2D eigenvalue weighted by molar-refractivity contribution is 5.77. The molecule has 1 fully saturated rings. The van der Waals surface area contributed by atoms with Gasteiger partial charge in [-0.2, -0.15) is 13.2 Å². The lowest BCUT2D eigenvalue weighted by molar-refractivity contribution is -0.149. The maximum Gasteiger partial charge on any atom is 0.389 e. The molecule has 0 saturated carbocycles. The zero-order valence-electron chi connectivity index (χ0n) is 15.4. The van der Waals surface area contributed by atoms with Crippen molar-refractivity contribution in [2.24, 2.45) is 5.92 Å². The molecule has 0 atom stereocenters. The Morgan fingerprint density at radius 1 is 1.25 bits per heavy atom. The second-order valence-electron chi connectivity index (χ2n) is 7.18. The largest absolute Gasteiger partial charge is 0.389 e. The number of fused-ring (bicyclic) bond motifs is 1. The van der Waals surface area contributed by atoms with E-state index in [2.05, 4.69) is 4.98 Å². The van der Waals surface area contributed by atoms with Gasteiger partial charge in [0.25, 0.3) is 5.56 Å². The van der Waals surface area contributed by atoms with Gasteiger partial charge in [-0.15, -0.1) is 0 Å². The van der Waals surface area contributed by atoms with E-state index in [1.807, 2.05) is 0 Å². The van der Waals surface area contributed by atoms with Crippen LogP contribution in [0.5, 0.6) is 0 Å². The SMILES string of the molecule is Cc1nc2cc(F)ccc2c(=O)n1CC1CCN(C(=O)CCC(F)(F)F)CC1. The third kappa shape index (κ3) is 4.69. The zero-order valence-corrected chi connectivity index (χ0v) is 15.4. The summed E-state index contributed by atoms with van der Waals surface area (Å²) < 4.78 is 51.7. The molecule has 1 aromatic heterocycles. The van der Waals surface area contributed by atoms with E-state index >= 15 is 0 Å². The van der Waals surface area contributed by atoms with Crippen LogP contribution in [-0.4, -0.2) is 39.6 Å². The number of alkyl halides is 3. The molecule has 0 unspecified atom stereocenters. The van der Waals surface area contributed by atoms with Gasteiger partial charge in [0.2, 0.25) is 5.91 Å². The molecule has 3 rings (SSSR count). The van der Waals surface area contributed by atoms with Crippen LogP contribution in [0.4, 0.5) is 17.6 Å². The van der Waals surface area contributed by atoms with Crippen LogP contribution in [0.2, 0.25) is 0 Å². The predicted octanol–water partition coefficient (Wildman–Crippen LogP) is 3.43. The van der Waals surface area contributed by atoms with Crippen LogP contribution in [-0.2, 0) is 11.3 Å². The summed E-state index contributed by atoms with van der Waals surface area (Å²) in [5.74, 6) is -0.354. The molecule has 2 aromatic rings. The molecule has 28 heavy (non-hydrogen) atoms. The molecule has 1 aliphatic heterocycles. The van der Waals surface area contributed by atoms with E-state index in [0.29, 0.717) is 49.2 Å². The predicted molar refractivity (Wildman–Crippen MR) is 95.3 cm³/mol. The van der Waals surface area contributed by atoms with E-state index < -0.39 is 30.7 Å². The van der Waals surface area contributed by atoms with Gasteiger partial charge in [-0.05, 0) is 37.8 Å². The summed E-state index contributed by atoms with van der Waals surface area (Å²) in [5, 5.41) is 0.340. The summed E-state index contributed by atoms with van der Waals surface area (Å²) in [7, 11) is 0. The molecule has 152 valence electrons. The van der Waals surface area contributed by atoms with Crippen LogP contribution in [0, 0.1) is 18.7 Å². The smallest absolute Gasteiger partial charge is 0.343 e. The number of amides is 1. The molecule has 1 saturated heterocycles. The number of aryl methyl sites for hydroxylation is 1. The molecule has 0 bridgehead atoms. The minimum atomic E-state index is -4.33. The average molecular weight is 399 g/mol. The van der Waals surface area contributed by atoms with Gasteiger partial charge >= 0.3 is 6.18 Å². The van der Waals surface area contributed by atoms with Gasteiger partial charge in [-0.25, -0.2) is 9.37 Å². The third-order valence-corrected chi connectivity index (χ3v) is 5.14. The number of carbonyl (C=O) groups is 1. The fourth-order valence-electron chi connectivity index (χ4n) is 3.55. The number of benzene rings is 1. The van der Waals surface area contributed by atoms with Crippen molar-refractivity contribution in [2.75, 3.05) is 13.1 Å². The van der Waals surface area contributed by atoms with Crippen LogP contribution >= 0.6 is 0 Å². The quantitative estimate of drug-likeness (QED) is 0.741. The lowest BCUT2D eigenvalue weighted by Crippen LogP contribution is -2.40. The van der Waals surface area contributed by atoms with Gasteiger partial charge in [-0.3, -0.25) is 14.2 Å². The molecule has 5 nitrogen and oxygen atoms in total. The highest BCUT2D eigenvalue weighted by Gasteiger charge is 2.30. The number of piperidine rings is 1. The number of carbonyl (C=O) groups excluding carboxylic acids is 1. The van der Waals surface area contributed by atoms with E-state index in [1.54, 1.807) is 11.5 Å². The first-order chi connectivity index (χ1) is 13.1. The molecule has 2 heterocycles. The number of halogens is 4. The number of rotatable bonds is 4. The zero-order chi connectivity index (χ0) is 20.5. The summed E-state index contributed by atoms with van der Waals surface area (Å²) in [5.41, 5.74) is 0.0648. The molecule has 9 heteroatoms. The number of hydrogen-bond acceptors (Lipinski definition) is 3. The van der Waals surface area contributed by atoms with Gasteiger partial charge in [0.1, 0.15) is 11.6 Å². The Labute approximate surface area is 159 Å². The molecule has 1 aromatic carbocycles. The van der Waals surface area contributed by atoms with E-state index in [0.717, 1.165) is 0 Å². The number of hydrogen-bond donors (Lipinski definition) is 0. The topological polar surface area (TPSA) is 55.2 Å². The fourth-order valence-corrected chi connectivity index (χ4v) is 3.55. The second-order valence-corrected chi connectivity index (χ2v) is 7.18. The molecule has 0 aliphatic carbocycles. The summed E-state index contributed by atoms with van der Waals surface area (Å²) in [4.78, 5) is 30.4. The van der Waals surface area contributed by atoms with Gasteiger partial charge in [-0.1, -0.05) is 0 Å². The van der Waals surface area contributed by atoms with Crippen molar-refractivity contribution in [3.63, 3.8) is 0 Å². The molecule has 1 aliphatic rings. The fraction of sp³-hybridized carbons (Fsp3) is 0.526. The molecular formula is C19H21F4N3O2. The Kier molecular flexibility index (Phi) is 5.71. The maximum atomic E-state index is 13.4. The number of aromatic nitrogens is 2. The highest BCUT2D eigenvalue weighted by Crippen LogP contribution is 2.24. The molecule has 0 N–H and O–H groups in total. The van der Waals surface area contributed by atoms with E-state index in [1.165, 1.54) is 23.1 Å². The lowest BCUT2D eigenvalue weighted by Gasteiger charge is -2.32. The van der Waals surface area contributed by atoms with Crippen molar-refractivity contribution in [3.05, 3.63) is 40.2 Å². The van der Waals surface area contributed by atoms with E-state index in [9.17, 15) is 27.2 Å². The Morgan fingerprint density at radius 3 is 2.57 bits per heavy atom. The van der Waals surface area contributed by atoms with Crippen molar-refractivity contribution in [3.8, 4) is 0 Å². The Hall–Kier alpha value is -2.45. The van der Waals surface area contributed by atoms with Crippen molar-refractivity contribution in [1.29, 1.82) is 0 Å². The lowest BCUT2D eigenvalue weighted by atomic mass is 9.96. The van der Waals surface area contributed by atoms with Gasteiger partial charge in [0.05, 0.1) is 17.3 Å². The second kappa shape index (κ2) is 7.89. The maximum absolute atomic E-state index is 13.4. The van der Waals surface area contributed by atoms with Crippen molar-refractivity contribution in [1.82, 2.24) is 14.5 Å². The summed E-state index contributed by atoms with van der Waals surface area (Å²) in [6.07, 6.45) is -4.77. The monoisotopic (exact) mass is 399 g/mol. The van der Waals surface area contributed by atoms with Crippen LogP contribution < -0.4 is 5.56 Å². The van der Waals surface area contributed by atoms with Crippen LogP contribution in [0.1, 0.15) is 31.5 Å². The number of nitrogens with zero attached hydrogens (tertiary/aromatic N) is 3. The Balaban J connectivity index is 1.64. The summed E-state index contributed by atoms with van der Waals surface area (Å²) >= 11 is 0. The first-order valence-corrected chi connectivity index (χ1v) is 9.15. The van der Waals surface area contributed by atoms with Gasteiger partial charge in [0.15, 0.2) is 0 Å². The Morgan fingerprint density at radius 2 is 1.93 bits per heavy atom. The van der Waals surface area contributed by atoms with E-state index in [-0.39, 0.29) is 11.5 Å². The summed E-state index contributed by atoms with van der Waals surface area (Å²) in [6, 6.07) is 3.85. The summed E-state index contributed by atoms with van der Waals surface area (Å²) in [6.45, 7) is 2.85. The standard InChI is InChI=1S/C19H21F4N3O2/c1-12-24-16-10-14(20)2-3-15(16)18(28)26(12)11-13-5-8-25(9-6-13)17(27)4-7-19(21,22)23/h2-3,10,13H,4-9,11H2,1H3. The van der Waals surface area contributed by atoms with Crippen molar-refractivity contribution in [2.45, 2.75) is 45.3 Å². The van der Waals surface area contributed by atoms with Gasteiger partial charge < -0.3 is 4.90 Å². The minimum Gasteiger partial charge on any atom is -0.343 e. The normalized spacial score (nSPS) is 16.0. The highest BCUT2D eigenvalue weighted by atomic mass is 19.4. The van der Waals surface area contributed by atoms with Crippen molar-refractivity contribution >= 4 is 16.8 Å². The van der Waals surface area contributed by atoms with Crippen LogP contribution in [0.3, 0.4) is 0 Å². The van der Waals surface area contributed by atoms with Crippen LogP contribution in [0.25, 0.3) is 10.9 Å². The minimum absolute atomic E-state index is 0.114. The molecule has 0 spiro atoms. The average Bonchev–Trinajstić information content (AvgIpc) is 2.63. The van der Waals surface area contributed by atoms with Crippen molar-refractivity contribution < 1.29 is 22.4 Å².